The van der Waals surface area contributed by atoms with Gasteiger partial charge in [0.25, 0.3) is 0 Å². The number of nitrogens with zero attached hydrogens (tertiary/aromatic N) is 1. The molecule has 2 aromatic rings. The molecule has 0 amide bonds. The van der Waals surface area contributed by atoms with Gasteiger partial charge in [0.05, 0.1) is 17.0 Å². The lowest BCUT2D eigenvalue weighted by molar-refractivity contribution is -0.268. The summed E-state index contributed by atoms with van der Waals surface area (Å²) in [6.07, 6.45) is 0.478. The van der Waals surface area contributed by atoms with Crippen LogP contribution in [0, 0.1) is 5.82 Å². The number of hydrogen-bond donors (Lipinski definition) is 2. The molecule has 0 aliphatic heterocycles. The molecule has 2 N–H and O–H groups in total. The van der Waals surface area contributed by atoms with E-state index in [1.807, 2.05) is 6.92 Å². The molecule has 6 heteroatoms. The lowest BCUT2D eigenvalue weighted by atomic mass is 10.0. The Kier molecular flexibility index (Phi) is 3.73. The van der Waals surface area contributed by atoms with Crippen molar-refractivity contribution in [3.63, 3.8) is 0 Å². The smallest absolute Gasteiger partial charge is 0.335 e. The molecule has 118 valence electrons. The van der Waals surface area contributed by atoms with E-state index in [0.717, 1.165) is 0 Å². The number of carboxylic acid groups (broad SMARTS) is 1. The largest absolute Gasteiger partial charge is 0.872 e. The van der Waals surface area contributed by atoms with Crippen molar-refractivity contribution in [2.45, 2.75) is 19.3 Å². The summed E-state index contributed by atoms with van der Waals surface area (Å²) in [6.45, 7) is 1.85. The Morgan fingerprint density at radius 3 is 2.65 bits per heavy atom. The standard InChI is InChI=1S/C17H15FN2O3/c1-9-8-13(16-14(21)7-6-12(18)15(9)16)20-19-11-4-2-10(3-5-11)17(22)23/h2-7,9,19,21H,8H2,1H3,(H,22,23)/p-1/b20-13+/t9-/m0/s1. The second-order valence-corrected chi connectivity index (χ2v) is 5.49. The van der Waals surface area contributed by atoms with Gasteiger partial charge in [-0.05, 0) is 53.8 Å². The van der Waals surface area contributed by atoms with Gasteiger partial charge in [-0.15, -0.1) is 0 Å². The van der Waals surface area contributed by atoms with Crippen LogP contribution < -0.4 is 10.5 Å². The Bertz CT molecular complexity index is 800. The third kappa shape index (κ3) is 2.75. The van der Waals surface area contributed by atoms with Gasteiger partial charge in [-0.2, -0.15) is 5.10 Å². The third-order valence-electron chi connectivity index (χ3n) is 3.89. The van der Waals surface area contributed by atoms with Gasteiger partial charge in [-0.3, -0.25) is 5.43 Å². The Balaban J connectivity index is 1.88. The lowest BCUT2D eigenvalue weighted by Crippen LogP contribution is -2.05. The molecule has 0 aromatic heterocycles. The quantitative estimate of drug-likeness (QED) is 0.853. The second-order valence-electron chi connectivity index (χ2n) is 5.49. The maximum atomic E-state index is 13.9. The van der Waals surface area contributed by atoms with E-state index in [-0.39, 0.29) is 23.0 Å². The van der Waals surface area contributed by atoms with Crippen LogP contribution in [-0.4, -0.2) is 16.8 Å². The summed E-state index contributed by atoms with van der Waals surface area (Å²) in [5, 5.41) is 25.1. The van der Waals surface area contributed by atoms with Gasteiger partial charge in [0.1, 0.15) is 5.82 Å². The number of anilines is 1. The van der Waals surface area contributed by atoms with Crippen molar-refractivity contribution >= 4 is 17.4 Å². The number of rotatable bonds is 3. The van der Waals surface area contributed by atoms with Gasteiger partial charge in [-0.25, -0.2) is 9.18 Å². The van der Waals surface area contributed by atoms with E-state index >= 15 is 0 Å². The minimum absolute atomic E-state index is 0.103. The Morgan fingerprint density at radius 2 is 2.00 bits per heavy atom. The Morgan fingerprint density at radius 1 is 1.30 bits per heavy atom. The van der Waals surface area contributed by atoms with Gasteiger partial charge in [0, 0.05) is 0 Å². The molecule has 0 bridgehead atoms. The maximum absolute atomic E-state index is 13.9. The van der Waals surface area contributed by atoms with Gasteiger partial charge in [0.2, 0.25) is 0 Å². The molecule has 0 saturated carbocycles. The van der Waals surface area contributed by atoms with Crippen LogP contribution in [0.1, 0.15) is 40.7 Å². The minimum Gasteiger partial charge on any atom is -0.872 e. The van der Waals surface area contributed by atoms with Crippen LogP contribution in [0.5, 0.6) is 5.75 Å². The Hall–Kier alpha value is -2.89. The monoisotopic (exact) mass is 313 g/mol. The van der Waals surface area contributed by atoms with E-state index in [2.05, 4.69) is 10.5 Å². The average Bonchev–Trinajstić information content (AvgIpc) is 2.87. The fourth-order valence-corrected chi connectivity index (χ4v) is 2.77. The summed E-state index contributed by atoms with van der Waals surface area (Å²) >= 11 is 0. The van der Waals surface area contributed by atoms with Gasteiger partial charge in [-0.1, -0.05) is 18.7 Å². The third-order valence-corrected chi connectivity index (χ3v) is 3.89. The molecule has 1 aliphatic carbocycles. The van der Waals surface area contributed by atoms with Crippen LogP contribution >= 0.6 is 0 Å². The molecule has 2 aromatic carbocycles. The minimum atomic E-state index is -1.01. The maximum Gasteiger partial charge on any atom is 0.335 e. The number of hydrogen-bond acceptors (Lipinski definition) is 4. The van der Waals surface area contributed by atoms with Crippen LogP contribution in [0.25, 0.3) is 0 Å². The molecule has 1 aliphatic rings. The van der Waals surface area contributed by atoms with Crippen molar-refractivity contribution in [3.05, 3.63) is 58.9 Å². The predicted octanol–water partition coefficient (Wildman–Crippen LogP) is 2.92. The van der Waals surface area contributed by atoms with Crippen LogP contribution in [0.2, 0.25) is 0 Å². The van der Waals surface area contributed by atoms with Crippen molar-refractivity contribution in [2.75, 3.05) is 5.43 Å². The molecule has 5 nitrogen and oxygen atoms in total. The average molecular weight is 313 g/mol. The summed E-state index contributed by atoms with van der Waals surface area (Å²) in [5.41, 5.74) is 4.81. The molecule has 0 spiro atoms. The van der Waals surface area contributed by atoms with Crippen molar-refractivity contribution in [2.24, 2.45) is 5.10 Å². The van der Waals surface area contributed by atoms with Crippen LogP contribution in [0.15, 0.2) is 41.5 Å². The number of aromatic carboxylic acids is 1. The van der Waals surface area contributed by atoms with Crippen molar-refractivity contribution < 1.29 is 19.4 Å². The molecule has 0 radical (unpaired) electrons. The molecule has 0 unspecified atom stereocenters. The summed E-state index contributed by atoms with van der Waals surface area (Å²) in [5.74, 6) is -1.74. The first-order valence-corrected chi connectivity index (χ1v) is 7.13. The highest BCUT2D eigenvalue weighted by atomic mass is 19.1. The van der Waals surface area contributed by atoms with Gasteiger partial charge < -0.3 is 10.2 Å². The number of benzene rings is 2. The molecule has 23 heavy (non-hydrogen) atoms. The number of fused-ring (bicyclic) bond motifs is 1. The van der Waals surface area contributed by atoms with E-state index in [1.165, 1.54) is 24.3 Å². The van der Waals surface area contributed by atoms with E-state index in [4.69, 9.17) is 5.11 Å². The highest BCUT2D eigenvalue weighted by Crippen LogP contribution is 2.38. The summed E-state index contributed by atoms with van der Waals surface area (Å²) in [7, 11) is 0. The molecular formula is C17H14FN2O3-. The van der Waals surface area contributed by atoms with E-state index in [0.29, 0.717) is 28.9 Å². The van der Waals surface area contributed by atoms with Crippen molar-refractivity contribution in [1.29, 1.82) is 0 Å². The first-order chi connectivity index (χ1) is 11.0. The van der Waals surface area contributed by atoms with E-state index < -0.39 is 5.97 Å². The zero-order chi connectivity index (χ0) is 16.6. The summed E-state index contributed by atoms with van der Waals surface area (Å²) in [4.78, 5) is 10.8. The van der Waals surface area contributed by atoms with Crippen molar-refractivity contribution in [1.82, 2.24) is 0 Å². The fourth-order valence-electron chi connectivity index (χ4n) is 2.77. The van der Waals surface area contributed by atoms with Crippen LogP contribution in [0.3, 0.4) is 0 Å². The number of halogens is 1. The predicted molar refractivity (Wildman–Crippen MR) is 82.4 cm³/mol. The van der Waals surface area contributed by atoms with Crippen LogP contribution in [-0.2, 0) is 0 Å². The molecule has 0 saturated heterocycles. The van der Waals surface area contributed by atoms with Crippen molar-refractivity contribution in [3.8, 4) is 5.75 Å². The summed E-state index contributed by atoms with van der Waals surface area (Å²) in [6, 6.07) is 8.47. The zero-order valence-electron chi connectivity index (χ0n) is 12.3. The number of carboxylic acids is 1. The highest BCUT2D eigenvalue weighted by molar-refractivity contribution is 6.07. The first kappa shape index (κ1) is 15.0. The number of nitrogens with one attached hydrogen (secondary N) is 1. The summed E-state index contributed by atoms with van der Waals surface area (Å²) < 4.78 is 13.9. The molecule has 0 fully saturated rings. The SMILES string of the molecule is C[C@H]1C/C(=N\Nc2ccc(C(=O)O)cc2)c2c([O-])ccc(F)c21. The molecule has 3 rings (SSSR count). The van der Waals surface area contributed by atoms with E-state index in [9.17, 15) is 14.3 Å². The normalized spacial score (nSPS) is 18.0. The number of carbonyl (C=O) groups is 1. The number of hydrazone groups is 1. The molecule has 0 heterocycles. The van der Waals surface area contributed by atoms with Gasteiger partial charge in [0.15, 0.2) is 0 Å². The van der Waals surface area contributed by atoms with E-state index in [1.54, 1.807) is 12.1 Å². The van der Waals surface area contributed by atoms with Gasteiger partial charge >= 0.3 is 5.97 Å². The first-order valence-electron chi connectivity index (χ1n) is 7.13. The molecular weight excluding hydrogens is 299 g/mol. The topological polar surface area (TPSA) is 84.8 Å². The van der Waals surface area contributed by atoms with Crippen LogP contribution in [0.4, 0.5) is 10.1 Å². The molecule has 1 atom stereocenters. The second kappa shape index (κ2) is 5.72. The highest BCUT2D eigenvalue weighted by Gasteiger charge is 2.28. The zero-order valence-corrected chi connectivity index (χ0v) is 12.3. The fraction of sp³-hybridized carbons (Fsp3) is 0.176. The lowest BCUT2D eigenvalue weighted by Gasteiger charge is -2.14. The Labute approximate surface area is 132 Å².